The molecule has 0 unspecified atom stereocenters. The van der Waals surface area contributed by atoms with Gasteiger partial charge in [0.2, 0.25) is 5.91 Å². The zero-order valence-electron chi connectivity index (χ0n) is 10.5. The maximum absolute atomic E-state index is 11.4. The highest BCUT2D eigenvalue weighted by Gasteiger charge is 2.14. The Morgan fingerprint density at radius 1 is 1.47 bits per heavy atom. The standard InChI is InChI=1S/C10H19N5OS/c1-4-5-15(7-9(16)11-2)6-8-10(12-3)17-14-13-8/h12H,4-7H2,1-3H3,(H,11,16). The second-order valence-electron chi connectivity index (χ2n) is 3.68. The van der Waals surface area contributed by atoms with Crippen molar-refractivity contribution >= 4 is 22.4 Å². The molecule has 0 aromatic carbocycles. The van der Waals surface area contributed by atoms with Crippen molar-refractivity contribution in [3.63, 3.8) is 0 Å². The van der Waals surface area contributed by atoms with Crippen LogP contribution < -0.4 is 10.6 Å². The number of hydrogen-bond acceptors (Lipinski definition) is 6. The van der Waals surface area contributed by atoms with E-state index in [0.29, 0.717) is 13.1 Å². The molecule has 0 radical (unpaired) electrons. The smallest absolute Gasteiger partial charge is 0.233 e. The highest BCUT2D eigenvalue weighted by Crippen LogP contribution is 2.18. The minimum absolute atomic E-state index is 0.0210. The molecule has 1 rings (SSSR count). The van der Waals surface area contributed by atoms with Gasteiger partial charge in [-0.3, -0.25) is 9.69 Å². The van der Waals surface area contributed by atoms with Crippen molar-refractivity contribution in [2.24, 2.45) is 0 Å². The molecule has 0 aliphatic carbocycles. The van der Waals surface area contributed by atoms with Gasteiger partial charge in [0.25, 0.3) is 0 Å². The van der Waals surface area contributed by atoms with Crippen LogP contribution in [0.5, 0.6) is 0 Å². The van der Waals surface area contributed by atoms with Crippen LogP contribution in [0.15, 0.2) is 0 Å². The maximum Gasteiger partial charge on any atom is 0.233 e. The molecule has 0 aliphatic heterocycles. The fourth-order valence-electron chi connectivity index (χ4n) is 1.53. The number of carbonyl (C=O) groups excluding carboxylic acids is 1. The first-order chi connectivity index (χ1) is 8.21. The predicted octanol–water partition coefficient (Wildman–Crippen LogP) is 0.538. The first-order valence-corrected chi connectivity index (χ1v) is 6.40. The summed E-state index contributed by atoms with van der Waals surface area (Å²) in [6, 6.07) is 0. The largest absolute Gasteiger partial charge is 0.377 e. The lowest BCUT2D eigenvalue weighted by Gasteiger charge is -2.19. The van der Waals surface area contributed by atoms with Gasteiger partial charge in [-0.1, -0.05) is 11.4 Å². The summed E-state index contributed by atoms with van der Waals surface area (Å²) in [7, 11) is 3.50. The minimum atomic E-state index is 0.0210. The van der Waals surface area contributed by atoms with Crippen LogP contribution in [-0.4, -0.2) is 47.6 Å². The Balaban J connectivity index is 2.62. The Labute approximate surface area is 106 Å². The third kappa shape index (κ3) is 4.27. The van der Waals surface area contributed by atoms with Crippen molar-refractivity contribution < 1.29 is 4.79 Å². The first kappa shape index (κ1) is 13.9. The Kier molecular flexibility index (Phi) is 5.85. The van der Waals surface area contributed by atoms with Gasteiger partial charge in [-0.05, 0) is 13.0 Å². The SMILES string of the molecule is CCCN(CC(=O)NC)Cc1nnsc1NC. The summed E-state index contributed by atoms with van der Waals surface area (Å²) in [4.78, 5) is 13.4. The Morgan fingerprint density at radius 3 is 2.82 bits per heavy atom. The fourth-order valence-corrected chi connectivity index (χ4v) is 2.05. The highest BCUT2D eigenvalue weighted by atomic mass is 32.1. The van der Waals surface area contributed by atoms with Crippen LogP contribution in [0.3, 0.4) is 0 Å². The number of nitrogens with zero attached hydrogens (tertiary/aromatic N) is 3. The number of likely N-dealkylation sites (N-methyl/N-ethyl adjacent to an activating group) is 1. The summed E-state index contributed by atoms with van der Waals surface area (Å²) in [5.41, 5.74) is 0.898. The zero-order chi connectivity index (χ0) is 12.7. The molecule has 1 amide bonds. The van der Waals surface area contributed by atoms with Crippen LogP contribution in [0.2, 0.25) is 0 Å². The number of carbonyl (C=O) groups is 1. The maximum atomic E-state index is 11.4. The van der Waals surface area contributed by atoms with E-state index in [4.69, 9.17) is 0 Å². The van der Waals surface area contributed by atoms with Gasteiger partial charge < -0.3 is 10.6 Å². The van der Waals surface area contributed by atoms with E-state index in [1.165, 1.54) is 11.5 Å². The summed E-state index contributed by atoms with van der Waals surface area (Å²) >= 11 is 1.33. The molecule has 0 bridgehead atoms. The van der Waals surface area contributed by atoms with Crippen molar-refractivity contribution in [2.75, 3.05) is 32.5 Å². The number of rotatable bonds is 7. The van der Waals surface area contributed by atoms with Gasteiger partial charge in [-0.2, -0.15) is 0 Å². The first-order valence-electron chi connectivity index (χ1n) is 5.63. The molecule has 7 heteroatoms. The van der Waals surface area contributed by atoms with Crippen LogP contribution in [0.25, 0.3) is 0 Å². The lowest BCUT2D eigenvalue weighted by Crippen LogP contribution is -2.35. The molecule has 96 valence electrons. The average molecular weight is 257 g/mol. The lowest BCUT2D eigenvalue weighted by molar-refractivity contribution is -0.121. The monoisotopic (exact) mass is 257 g/mol. The topological polar surface area (TPSA) is 70.2 Å². The van der Waals surface area contributed by atoms with Crippen molar-refractivity contribution in [3.8, 4) is 0 Å². The van der Waals surface area contributed by atoms with Gasteiger partial charge >= 0.3 is 0 Å². The third-order valence-corrected chi connectivity index (χ3v) is 3.13. The molecule has 2 N–H and O–H groups in total. The predicted molar refractivity (Wildman–Crippen MR) is 69.1 cm³/mol. The summed E-state index contributed by atoms with van der Waals surface area (Å²) < 4.78 is 3.91. The van der Waals surface area contributed by atoms with E-state index in [2.05, 4.69) is 32.0 Å². The van der Waals surface area contributed by atoms with Crippen LogP contribution in [-0.2, 0) is 11.3 Å². The molecule has 1 aromatic heterocycles. The van der Waals surface area contributed by atoms with Gasteiger partial charge in [-0.15, -0.1) is 5.10 Å². The quantitative estimate of drug-likeness (QED) is 0.746. The van der Waals surface area contributed by atoms with Gasteiger partial charge in [0.15, 0.2) is 0 Å². The number of hydrogen-bond donors (Lipinski definition) is 2. The van der Waals surface area contributed by atoms with Gasteiger partial charge in [0.05, 0.1) is 6.54 Å². The lowest BCUT2D eigenvalue weighted by atomic mass is 10.3. The Bertz CT molecular complexity index is 354. The number of nitrogens with one attached hydrogen (secondary N) is 2. The molecular weight excluding hydrogens is 238 g/mol. The molecule has 0 saturated heterocycles. The van der Waals surface area contributed by atoms with Crippen LogP contribution in [0, 0.1) is 0 Å². The Hall–Kier alpha value is -1.21. The van der Waals surface area contributed by atoms with E-state index in [1.807, 2.05) is 7.05 Å². The van der Waals surface area contributed by atoms with Gasteiger partial charge in [-0.25, -0.2) is 0 Å². The van der Waals surface area contributed by atoms with Crippen molar-refractivity contribution in [1.29, 1.82) is 0 Å². The normalized spacial score (nSPS) is 10.6. The number of anilines is 1. The average Bonchev–Trinajstić information content (AvgIpc) is 2.76. The summed E-state index contributed by atoms with van der Waals surface area (Å²) in [6.45, 7) is 4.00. The minimum Gasteiger partial charge on any atom is -0.377 e. The molecule has 0 saturated carbocycles. The van der Waals surface area contributed by atoms with Crippen molar-refractivity contribution in [1.82, 2.24) is 19.8 Å². The van der Waals surface area contributed by atoms with Crippen LogP contribution in [0.1, 0.15) is 19.0 Å². The van der Waals surface area contributed by atoms with Gasteiger partial charge in [0.1, 0.15) is 10.7 Å². The molecule has 1 aromatic rings. The molecule has 1 heterocycles. The molecule has 6 nitrogen and oxygen atoms in total. The van der Waals surface area contributed by atoms with E-state index >= 15 is 0 Å². The van der Waals surface area contributed by atoms with E-state index in [9.17, 15) is 4.79 Å². The molecule has 0 aliphatic rings. The Morgan fingerprint density at radius 2 is 2.24 bits per heavy atom. The summed E-state index contributed by atoms with van der Waals surface area (Å²) in [5.74, 6) is 0.0210. The fraction of sp³-hybridized carbons (Fsp3) is 0.700. The molecule has 0 fully saturated rings. The summed E-state index contributed by atoms with van der Waals surface area (Å²) in [6.07, 6.45) is 1.00. The third-order valence-electron chi connectivity index (χ3n) is 2.34. The second-order valence-corrected chi connectivity index (χ2v) is 4.44. The van der Waals surface area contributed by atoms with Crippen LogP contribution in [0.4, 0.5) is 5.00 Å². The summed E-state index contributed by atoms with van der Waals surface area (Å²) in [5, 5.41) is 10.7. The molecular formula is C10H19N5OS. The molecule has 0 spiro atoms. The number of amides is 1. The van der Waals surface area contributed by atoms with Crippen molar-refractivity contribution in [2.45, 2.75) is 19.9 Å². The van der Waals surface area contributed by atoms with Crippen LogP contribution >= 0.6 is 11.5 Å². The molecule has 0 atom stereocenters. The van der Waals surface area contributed by atoms with E-state index < -0.39 is 0 Å². The number of aromatic nitrogens is 2. The highest BCUT2D eigenvalue weighted by molar-refractivity contribution is 7.10. The van der Waals surface area contributed by atoms with E-state index in [-0.39, 0.29) is 5.91 Å². The molecule has 17 heavy (non-hydrogen) atoms. The van der Waals surface area contributed by atoms with E-state index in [1.54, 1.807) is 7.05 Å². The van der Waals surface area contributed by atoms with Crippen molar-refractivity contribution in [3.05, 3.63) is 5.69 Å². The van der Waals surface area contributed by atoms with E-state index in [0.717, 1.165) is 23.7 Å². The zero-order valence-corrected chi connectivity index (χ0v) is 11.3. The second kappa shape index (κ2) is 7.18. The van der Waals surface area contributed by atoms with Gasteiger partial charge in [0, 0.05) is 32.2 Å².